The summed E-state index contributed by atoms with van der Waals surface area (Å²) in [5.74, 6) is -2.14. The van der Waals surface area contributed by atoms with Crippen molar-refractivity contribution in [2.24, 2.45) is 0 Å². The number of pyridine rings is 1. The van der Waals surface area contributed by atoms with E-state index in [9.17, 15) is 17.6 Å². The predicted molar refractivity (Wildman–Crippen MR) is 73.4 cm³/mol. The van der Waals surface area contributed by atoms with Gasteiger partial charge in [-0.25, -0.2) is 22.6 Å². The fraction of sp³-hybridized carbons (Fsp3) is 0. The number of aromatic nitrogens is 1. The summed E-state index contributed by atoms with van der Waals surface area (Å²) in [6.07, 6.45) is 1.22. The zero-order valence-corrected chi connectivity index (χ0v) is 11.8. The first-order valence-corrected chi connectivity index (χ1v) is 7.33. The largest absolute Gasteiger partial charge is 0.476 e. The molecule has 0 spiro atoms. The van der Waals surface area contributed by atoms with Gasteiger partial charge in [0.15, 0.2) is 5.69 Å². The number of hydrogen-bond donors (Lipinski definition) is 2. The molecule has 110 valence electrons. The highest BCUT2D eigenvalue weighted by molar-refractivity contribution is 7.92. The second-order valence-electron chi connectivity index (χ2n) is 3.89. The van der Waals surface area contributed by atoms with Crippen molar-refractivity contribution in [2.45, 2.75) is 4.90 Å². The van der Waals surface area contributed by atoms with Gasteiger partial charge in [0.05, 0.1) is 15.6 Å². The van der Waals surface area contributed by atoms with Crippen molar-refractivity contribution in [1.29, 1.82) is 0 Å². The molecule has 0 atom stereocenters. The lowest BCUT2D eigenvalue weighted by molar-refractivity contribution is 0.0692. The molecule has 2 aromatic rings. The number of nitrogens with zero attached hydrogens (tertiary/aromatic N) is 1. The Bertz CT molecular complexity index is 811. The number of anilines is 1. The van der Waals surface area contributed by atoms with Gasteiger partial charge in [0.25, 0.3) is 10.0 Å². The van der Waals surface area contributed by atoms with Gasteiger partial charge in [-0.1, -0.05) is 11.6 Å². The van der Waals surface area contributed by atoms with Gasteiger partial charge in [-0.15, -0.1) is 0 Å². The molecule has 1 aromatic heterocycles. The van der Waals surface area contributed by atoms with Crippen LogP contribution in [0.25, 0.3) is 0 Å². The summed E-state index contributed by atoms with van der Waals surface area (Å²) in [6, 6.07) is 5.47. The Kier molecular flexibility index (Phi) is 4.10. The minimum Gasteiger partial charge on any atom is -0.476 e. The molecule has 0 radical (unpaired) electrons. The summed E-state index contributed by atoms with van der Waals surface area (Å²) in [4.78, 5) is 14.3. The van der Waals surface area contributed by atoms with Gasteiger partial charge >= 0.3 is 5.97 Å². The van der Waals surface area contributed by atoms with Crippen LogP contribution in [0.15, 0.2) is 41.4 Å². The zero-order valence-electron chi connectivity index (χ0n) is 10.2. The van der Waals surface area contributed by atoms with E-state index < -0.39 is 27.5 Å². The first-order valence-electron chi connectivity index (χ1n) is 5.47. The number of halogens is 2. The Morgan fingerprint density at radius 1 is 1.33 bits per heavy atom. The van der Waals surface area contributed by atoms with Crippen LogP contribution in [-0.2, 0) is 10.0 Å². The highest BCUT2D eigenvalue weighted by atomic mass is 35.5. The number of sulfonamides is 1. The normalized spacial score (nSPS) is 11.1. The Morgan fingerprint density at radius 2 is 2.05 bits per heavy atom. The predicted octanol–water partition coefficient (Wildman–Crippen LogP) is 2.37. The quantitative estimate of drug-likeness (QED) is 0.897. The maximum atomic E-state index is 13.0. The molecule has 0 aliphatic rings. The van der Waals surface area contributed by atoms with Crippen LogP contribution in [0.5, 0.6) is 0 Å². The molecule has 0 saturated heterocycles. The average Bonchev–Trinajstić information content (AvgIpc) is 2.41. The highest BCUT2D eigenvalue weighted by Crippen LogP contribution is 2.22. The van der Waals surface area contributed by atoms with Gasteiger partial charge in [0.1, 0.15) is 5.82 Å². The van der Waals surface area contributed by atoms with E-state index >= 15 is 0 Å². The first kappa shape index (κ1) is 15.2. The lowest BCUT2D eigenvalue weighted by Gasteiger charge is -2.10. The standard InChI is InChI=1S/C12H8ClFN2O4S/c13-8-6-7(3-4-9(8)14)21(19,20)16-10-2-1-5-15-11(10)12(17)18/h1-6,16H,(H,17,18). The van der Waals surface area contributed by atoms with Gasteiger partial charge < -0.3 is 5.11 Å². The van der Waals surface area contributed by atoms with E-state index in [1.54, 1.807) is 0 Å². The molecule has 2 N–H and O–H groups in total. The number of rotatable bonds is 4. The summed E-state index contributed by atoms with van der Waals surface area (Å²) in [5, 5.41) is 8.59. The number of carbonyl (C=O) groups is 1. The molecule has 6 nitrogen and oxygen atoms in total. The maximum absolute atomic E-state index is 13.0. The van der Waals surface area contributed by atoms with Gasteiger partial charge in [-0.2, -0.15) is 0 Å². The van der Waals surface area contributed by atoms with E-state index in [1.807, 2.05) is 0 Å². The van der Waals surface area contributed by atoms with Crippen LogP contribution in [0, 0.1) is 5.82 Å². The van der Waals surface area contributed by atoms with Gasteiger partial charge in [0, 0.05) is 6.20 Å². The molecule has 0 fully saturated rings. The summed E-state index contributed by atoms with van der Waals surface area (Å²) < 4.78 is 39.4. The minimum absolute atomic E-state index is 0.203. The molecule has 0 saturated carbocycles. The van der Waals surface area contributed by atoms with Crippen LogP contribution < -0.4 is 4.72 Å². The van der Waals surface area contributed by atoms with E-state index in [0.29, 0.717) is 0 Å². The van der Waals surface area contributed by atoms with Crippen LogP contribution in [-0.4, -0.2) is 24.5 Å². The van der Waals surface area contributed by atoms with Crippen LogP contribution in [0.2, 0.25) is 5.02 Å². The van der Waals surface area contributed by atoms with E-state index in [4.69, 9.17) is 16.7 Å². The van der Waals surface area contributed by atoms with Crippen molar-refractivity contribution in [3.05, 3.63) is 53.1 Å². The lowest BCUT2D eigenvalue weighted by Crippen LogP contribution is -2.16. The number of carboxylic acid groups (broad SMARTS) is 1. The summed E-state index contributed by atoms with van der Waals surface area (Å²) >= 11 is 5.53. The van der Waals surface area contributed by atoms with Crippen LogP contribution >= 0.6 is 11.6 Å². The molecule has 21 heavy (non-hydrogen) atoms. The van der Waals surface area contributed by atoms with Crippen molar-refractivity contribution in [1.82, 2.24) is 4.98 Å². The number of hydrogen-bond acceptors (Lipinski definition) is 4. The Balaban J connectivity index is 2.42. The molecule has 1 aromatic carbocycles. The van der Waals surface area contributed by atoms with Gasteiger partial charge in [0.2, 0.25) is 0 Å². The Morgan fingerprint density at radius 3 is 2.67 bits per heavy atom. The van der Waals surface area contributed by atoms with Crippen molar-refractivity contribution in [3.63, 3.8) is 0 Å². The third-order valence-corrected chi connectivity index (χ3v) is 4.11. The van der Waals surface area contributed by atoms with Crippen LogP contribution in [0.1, 0.15) is 10.5 Å². The Labute approximate surface area is 124 Å². The van der Waals surface area contributed by atoms with Crippen molar-refractivity contribution in [2.75, 3.05) is 4.72 Å². The summed E-state index contributed by atoms with van der Waals surface area (Å²) in [7, 11) is -4.11. The minimum atomic E-state index is -4.11. The van der Waals surface area contributed by atoms with E-state index in [0.717, 1.165) is 18.2 Å². The molecule has 0 unspecified atom stereocenters. The topological polar surface area (TPSA) is 96.4 Å². The second-order valence-corrected chi connectivity index (χ2v) is 5.98. The number of carboxylic acids is 1. The van der Waals surface area contributed by atoms with Crippen molar-refractivity contribution >= 4 is 33.3 Å². The number of aromatic carboxylic acids is 1. The molecular weight excluding hydrogens is 323 g/mol. The first-order chi connectivity index (χ1) is 9.81. The molecule has 1 heterocycles. The van der Waals surface area contributed by atoms with Gasteiger partial charge in [-0.3, -0.25) is 4.72 Å². The number of benzene rings is 1. The highest BCUT2D eigenvalue weighted by Gasteiger charge is 2.20. The monoisotopic (exact) mass is 330 g/mol. The molecule has 0 aliphatic carbocycles. The fourth-order valence-corrected chi connectivity index (χ4v) is 2.84. The molecule has 2 rings (SSSR count). The molecule has 0 amide bonds. The number of nitrogens with one attached hydrogen (secondary N) is 1. The SMILES string of the molecule is O=C(O)c1ncccc1NS(=O)(=O)c1ccc(F)c(Cl)c1. The van der Waals surface area contributed by atoms with Crippen molar-refractivity contribution < 1.29 is 22.7 Å². The van der Waals surface area contributed by atoms with E-state index in [1.165, 1.54) is 18.3 Å². The lowest BCUT2D eigenvalue weighted by atomic mass is 10.3. The Hall–Kier alpha value is -2.19. The van der Waals surface area contributed by atoms with Crippen molar-refractivity contribution in [3.8, 4) is 0 Å². The second kappa shape index (κ2) is 5.66. The third-order valence-electron chi connectivity index (χ3n) is 2.46. The van der Waals surface area contributed by atoms with E-state index in [-0.39, 0.29) is 15.6 Å². The maximum Gasteiger partial charge on any atom is 0.356 e. The zero-order chi connectivity index (χ0) is 15.6. The summed E-state index contributed by atoms with van der Waals surface area (Å²) in [5.41, 5.74) is -0.653. The smallest absolute Gasteiger partial charge is 0.356 e. The van der Waals surface area contributed by atoms with Crippen LogP contribution in [0.4, 0.5) is 10.1 Å². The van der Waals surface area contributed by atoms with Gasteiger partial charge in [-0.05, 0) is 30.3 Å². The molecular formula is C12H8ClFN2O4S. The third kappa shape index (κ3) is 3.29. The van der Waals surface area contributed by atoms with Crippen LogP contribution in [0.3, 0.4) is 0 Å². The van der Waals surface area contributed by atoms with E-state index in [2.05, 4.69) is 9.71 Å². The molecule has 0 bridgehead atoms. The molecule has 0 aliphatic heterocycles. The fourth-order valence-electron chi connectivity index (χ4n) is 1.51. The molecule has 9 heteroatoms. The average molecular weight is 331 g/mol. The summed E-state index contributed by atoms with van der Waals surface area (Å²) in [6.45, 7) is 0.